The second-order valence-corrected chi connectivity index (χ2v) is 5.42. The van der Waals surface area contributed by atoms with Crippen LogP contribution in [0.25, 0.3) is 0 Å². The highest BCUT2D eigenvalue weighted by Gasteiger charge is 2.40. The lowest BCUT2D eigenvalue weighted by Crippen LogP contribution is -2.30. The van der Waals surface area contributed by atoms with E-state index >= 15 is 0 Å². The van der Waals surface area contributed by atoms with Crippen LogP contribution in [0.5, 0.6) is 0 Å². The molecule has 0 amide bonds. The normalized spacial score (nSPS) is 11.8. The fourth-order valence-electron chi connectivity index (χ4n) is 1.20. The Balaban J connectivity index is 3.04. The Morgan fingerprint density at radius 1 is 1.47 bits per heavy atom. The molecule has 0 aliphatic rings. The summed E-state index contributed by atoms with van der Waals surface area (Å²) in [5, 5.41) is 8.33. The number of aryl methyl sites for hydroxylation is 2. The van der Waals surface area contributed by atoms with E-state index < -0.39 is 18.3 Å². The van der Waals surface area contributed by atoms with E-state index in [1.54, 1.807) is 13.8 Å². The van der Waals surface area contributed by atoms with Gasteiger partial charge in [-0.3, -0.25) is 0 Å². The monoisotopic (exact) mass is 298 g/mol. The van der Waals surface area contributed by atoms with Crippen molar-refractivity contribution in [3.8, 4) is 0 Å². The van der Waals surface area contributed by atoms with Crippen LogP contribution in [0, 0.1) is 13.8 Å². The fraction of sp³-hybridized carbons (Fsp3) is 0.444. The van der Waals surface area contributed by atoms with Crippen LogP contribution >= 0.6 is 27.3 Å². The van der Waals surface area contributed by atoms with Gasteiger partial charge >= 0.3 is 11.9 Å². The Labute approximate surface area is 98.1 Å². The zero-order chi connectivity index (χ0) is 11.8. The molecule has 84 valence electrons. The summed E-state index contributed by atoms with van der Waals surface area (Å²) in [5.74, 6) is -5.79. The van der Waals surface area contributed by atoms with Gasteiger partial charge in [-0.05, 0) is 35.3 Å². The zero-order valence-corrected chi connectivity index (χ0v) is 10.5. The zero-order valence-electron chi connectivity index (χ0n) is 8.10. The fourth-order valence-corrected chi connectivity index (χ4v) is 2.98. The summed E-state index contributed by atoms with van der Waals surface area (Å²) in [7, 11) is 0. The van der Waals surface area contributed by atoms with Crippen molar-refractivity contribution in [3.05, 3.63) is 19.8 Å². The molecule has 0 saturated carbocycles. The first-order valence-electron chi connectivity index (χ1n) is 4.11. The minimum absolute atomic E-state index is 0.380. The molecule has 1 N–H and O–H groups in total. The smallest absolute Gasteiger partial charge is 0.374 e. The van der Waals surface area contributed by atoms with Crippen LogP contribution < -0.4 is 0 Å². The molecule has 0 unspecified atom stereocenters. The van der Waals surface area contributed by atoms with Crippen LogP contribution in [0.15, 0.2) is 4.47 Å². The van der Waals surface area contributed by atoms with E-state index in [4.69, 9.17) is 5.11 Å². The van der Waals surface area contributed by atoms with Crippen molar-refractivity contribution in [3.63, 3.8) is 0 Å². The maximum atomic E-state index is 13.0. The molecule has 0 saturated heterocycles. The lowest BCUT2D eigenvalue weighted by molar-refractivity contribution is -0.164. The number of carboxylic acids is 1. The molecule has 1 aromatic heterocycles. The van der Waals surface area contributed by atoms with Crippen molar-refractivity contribution in [2.45, 2.75) is 26.2 Å². The van der Waals surface area contributed by atoms with Gasteiger partial charge in [0.2, 0.25) is 0 Å². The minimum Gasteiger partial charge on any atom is -0.477 e. The molecule has 0 aromatic carbocycles. The second kappa shape index (κ2) is 4.17. The summed E-state index contributed by atoms with van der Waals surface area (Å²) in [5.41, 5.74) is 0.380. The average molecular weight is 299 g/mol. The molecule has 0 fully saturated rings. The van der Waals surface area contributed by atoms with Gasteiger partial charge in [-0.1, -0.05) is 0 Å². The highest BCUT2D eigenvalue weighted by atomic mass is 79.9. The number of rotatable bonds is 3. The Morgan fingerprint density at radius 3 is 2.33 bits per heavy atom. The Bertz CT molecular complexity index is 401. The predicted octanol–water partition coefficient (Wildman–Crippen LogP) is 3.39. The van der Waals surface area contributed by atoms with Crippen LogP contribution in [0.1, 0.15) is 15.3 Å². The number of alkyl halides is 2. The molecule has 0 aliphatic carbocycles. The van der Waals surface area contributed by atoms with Crippen LogP contribution in [0.2, 0.25) is 0 Å². The number of aliphatic carboxylic acids is 1. The van der Waals surface area contributed by atoms with Gasteiger partial charge in [0.25, 0.3) is 0 Å². The van der Waals surface area contributed by atoms with Crippen molar-refractivity contribution in [2.24, 2.45) is 0 Å². The summed E-state index contributed by atoms with van der Waals surface area (Å²) in [6, 6.07) is 0. The molecular weight excluding hydrogens is 290 g/mol. The third-order valence-electron chi connectivity index (χ3n) is 2.02. The third-order valence-corrected chi connectivity index (χ3v) is 4.42. The van der Waals surface area contributed by atoms with Gasteiger partial charge in [0.05, 0.1) is 6.42 Å². The Hall–Kier alpha value is -0.490. The molecular formula is C9H9BrF2O2S. The Morgan fingerprint density at radius 2 is 2.00 bits per heavy atom. The van der Waals surface area contributed by atoms with Crippen molar-refractivity contribution in [2.75, 3.05) is 0 Å². The van der Waals surface area contributed by atoms with Gasteiger partial charge in [0.15, 0.2) is 0 Å². The standard InChI is InChI=1S/C9H9BrF2O2S/c1-4-6(7(10)5(2)15-4)3-9(11,12)8(13)14/h3H2,1-2H3,(H,13,14). The first-order valence-corrected chi connectivity index (χ1v) is 5.72. The van der Waals surface area contributed by atoms with Crippen molar-refractivity contribution in [1.82, 2.24) is 0 Å². The van der Waals surface area contributed by atoms with Gasteiger partial charge in [-0.25, -0.2) is 4.79 Å². The molecule has 15 heavy (non-hydrogen) atoms. The predicted molar refractivity (Wildman–Crippen MR) is 57.8 cm³/mol. The molecule has 2 nitrogen and oxygen atoms in total. The van der Waals surface area contributed by atoms with Crippen LogP contribution in [-0.2, 0) is 11.2 Å². The summed E-state index contributed by atoms with van der Waals surface area (Å²) < 4.78 is 26.6. The maximum Gasteiger partial charge on any atom is 0.374 e. The molecule has 1 aromatic rings. The minimum atomic E-state index is -3.71. The number of carboxylic acid groups (broad SMARTS) is 1. The molecule has 6 heteroatoms. The van der Waals surface area contributed by atoms with Gasteiger partial charge in [-0.15, -0.1) is 11.3 Å². The van der Waals surface area contributed by atoms with E-state index in [0.29, 0.717) is 10.0 Å². The number of hydrogen-bond acceptors (Lipinski definition) is 2. The maximum absolute atomic E-state index is 13.0. The molecule has 1 heterocycles. The Kier molecular flexibility index (Phi) is 3.50. The highest BCUT2D eigenvalue weighted by Crippen LogP contribution is 2.35. The van der Waals surface area contributed by atoms with E-state index in [-0.39, 0.29) is 0 Å². The number of thiophene rings is 1. The van der Waals surface area contributed by atoms with E-state index in [0.717, 1.165) is 9.75 Å². The number of hydrogen-bond donors (Lipinski definition) is 1. The van der Waals surface area contributed by atoms with Gasteiger partial charge < -0.3 is 5.11 Å². The molecule has 0 atom stereocenters. The third kappa shape index (κ3) is 2.55. The molecule has 1 rings (SSSR count). The molecule has 0 bridgehead atoms. The quantitative estimate of drug-likeness (QED) is 0.929. The first-order chi connectivity index (χ1) is 6.75. The lowest BCUT2D eigenvalue weighted by Gasteiger charge is -2.11. The topological polar surface area (TPSA) is 37.3 Å². The van der Waals surface area contributed by atoms with Crippen molar-refractivity contribution in [1.29, 1.82) is 0 Å². The van der Waals surface area contributed by atoms with Crippen LogP contribution in [0.3, 0.4) is 0 Å². The van der Waals surface area contributed by atoms with Crippen molar-refractivity contribution < 1.29 is 18.7 Å². The van der Waals surface area contributed by atoms with Crippen molar-refractivity contribution >= 4 is 33.2 Å². The van der Waals surface area contributed by atoms with E-state index in [1.807, 2.05) is 0 Å². The number of carbonyl (C=O) groups is 1. The average Bonchev–Trinajstić information content (AvgIpc) is 2.32. The van der Waals surface area contributed by atoms with Crippen LogP contribution in [-0.4, -0.2) is 17.0 Å². The van der Waals surface area contributed by atoms with E-state index in [9.17, 15) is 13.6 Å². The number of halogens is 3. The lowest BCUT2D eigenvalue weighted by atomic mass is 10.1. The van der Waals surface area contributed by atoms with E-state index in [1.165, 1.54) is 11.3 Å². The van der Waals surface area contributed by atoms with E-state index in [2.05, 4.69) is 15.9 Å². The SMILES string of the molecule is Cc1sc(C)c(CC(F)(F)C(=O)O)c1Br. The summed E-state index contributed by atoms with van der Waals surface area (Å²) >= 11 is 4.56. The molecule has 0 aliphatic heterocycles. The van der Waals surface area contributed by atoms with Crippen LogP contribution in [0.4, 0.5) is 8.78 Å². The summed E-state index contributed by atoms with van der Waals surface area (Å²) in [6.45, 7) is 3.50. The van der Waals surface area contributed by atoms with Gasteiger partial charge in [0, 0.05) is 14.2 Å². The summed E-state index contributed by atoms with van der Waals surface area (Å²) in [4.78, 5) is 11.9. The summed E-state index contributed by atoms with van der Waals surface area (Å²) in [6.07, 6.45) is -0.765. The highest BCUT2D eigenvalue weighted by molar-refractivity contribution is 9.10. The largest absolute Gasteiger partial charge is 0.477 e. The van der Waals surface area contributed by atoms with Gasteiger partial charge in [0.1, 0.15) is 0 Å². The molecule has 0 radical (unpaired) electrons. The molecule has 0 spiro atoms. The first kappa shape index (κ1) is 12.6. The second-order valence-electron chi connectivity index (χ2n) is 3.19. The van der Waals surface area contributed by atoms with Gasteiger partial charge in [-0.2, -0.15) is 8.78 Å².